The van der Waals surface area contributed by atoms with E-state index in [1.165, 1.54) is 5.56 Å². The van der Waals surface area contributed by atoms with E-state index in [0.29, 0.717) is 0 Å². The molecule has 1 aromatic carbocycles. The van der Waals surface area contributed by atoms with Crippen molar-refractivity contribution in [1.29, 1.82) is 0 Å². The van der Waals surface area contributed by atoms with Gasteiger partial charge >= 0.3 is 5.97 Å². The third-order valence-corrected chi connectivity index (χ3v) is 5.39. The average Bonchev–Trinajstić information content (AvgIpc) is 3.13. The zero-order valence-corrected chi connectivity index (χ0v) is 13.8. The lowest BCUT2D eigenvalue weighted by molar-refractivity contribution is -0.142. The van der Waals surface area contributed by atoms with E-state index in [9.17, 15) is 9.90 Å². The molecule has 1 N–H and O–H groups in total. The maximum absolute atomic E-state index is 11.6. The van der Waals surface area contributed by atoms with Crippen LogP contribution in [0.1, 0.15) is 30.0 Å². The molecule has 1 fully saturated rings. The summed E-state index contributed by atoms with van der Waals surface area (Å²) in [5, 5.41) is 13.7. The van der Waals surface area contributed by atoms with Gasteiger partial charge in [0, 0.05) is 11.0 Å². The van der Waals surface area contributed by atoms with Gasteiger partial charge in [-0.3, -0.25) is 9.69 Å². The van der Waals surface area contributed by atoms with Crippen LogP contribution in [0.25, 0.3) is 0 Å². The third kappa shape index (κ3) is 2.91. The number of carbonyl (C=O) groups is 1. The highest BCUT2D eigenvalue weighted by Gasteiger charge is 2.37. The highest BCUT2D eigenvalue weighted by Crippen LogP contribution is 2.38. The van der Waals surface area contributed by atoms with E-state index >= 15 is 0 Å². The Bertz CT molecular complexity index is 629. The SMILES string of the molecule is O=C(O)C1CCCN1C(c1ccsc1)c1ccccc1Br. The molecule has 1 saturated heterocycles. The van der Waals surface area contributed by atoms with Crippen LogP contribution in [0.3, 0.4) is 0 Å². The molecule has 110 valence electrons. The van der Waals surface area contributed by atoms with E-state index in [-0.39, 0.29) is 6.04 Å². The molecule has 0 bridgehead atoms. The molecule has 21 heavy (non-hydrogen) atoms. The van der Waals surface area contributed by atoms with Crippen LogP contribution in [0.15, 0.2) is 45.6 Å². The van der Waals surface area contributed by atoms with Gasteiger partial charge in [-0.05, 0) is 46.9 Å². The van der Waals surface area contributed by atoms with Gasteiger partial charge in [-0.2, -0.15) is 11.3 Å². The predicted molar refractivity (Wildman–Crippen MR) is 87.7 cm³/mol. The Hall–Kier alpha value is -1.17. The van der Waals surface area contributed by atoms with Gasteiger partial charge < -0.3 is 5.11 Å². The first kappa shape index (κ1) is 14.8. The fourth-order valence-electron chi connectivity index (χ4n) is 3.04. The van der Waals surface area contributed by atoms with Crippen LogP contribution in [-0.4, -0.2) is 28.6 Å². The second-order valence-electron chi connectivity index (χ2n) is 5.21. The summed E-state index contributed by atoms with van der Waals surface area (Å²) in [5.41, 5.74) is 2.30. The van der Waals surface area contributed by atoms with Crippen LogP contribution in [0, 0.1) is 0 Å². The fraction of sp³-hybridized carbons (Fsp3) is 0.312. The molecular formula is C16H16BrNO2S. The minimum absolute atomic E-state index is 0.00424. The molecule has 3 nitrogen and oxygen atoms in total. The highest BCUT2D eigenvalue weighted by atomic mass is 79.9. The van der Waals surface area contributed by atoms with Crippen LogP contribution in [0.5, 0.6) is 0 Å². The summed E-state index contributed by atoms with van der Waals surface area (Å²) in [6, 6.07) is 9.76. The quantitative estimate of drug-likeness (QED) is 0.884. The second-order valence-corrected chi connectivity index (χ2v) is 6.85. The van der Waals surface area contributed by atoms with Crippen molar-refractivity contribution in [1.82, 2.24) is 4.90 Å². The number of thiophene rings is 1. The number of halogens is 1. The molecule has 1 aromatic heterocycles. The van der Waals surface area contributed by atoms with E-state index in [2.05, 4.69) is 38.3 Å². The van der Waals surface area contributed by atoms with E-state index in [4.69, 9.17) is 0 Å². The molecule has 1 aliphatic heterocycles. The first-order valence-electron chi connectivity index (χ1n) is 6.93. The van der Waals surface area contributed by atoms with Crippen LogP contribution in [0.4, 0.5) is 0 Å². The average molecular weight is 366 g/mol. The van der Waals surface area contributed by atoms with Gasteiger partial charge in [-0.25, -0.2) is 0 Å². The lowest BCUT2D eigenvalue weighted by Crippen LogP contribution is -2.39. The Balaban J connectivity index is 2.05. The van der Waals surface area contributed by atoms with Crippen LogP contribution < -0.4 is 0 Å². The number of hydrogen-bond donors (Lipinski definition) is 1. The van der Waals surface area contributed by atoms with Crippen molar-refractivity contribution in [2.45, 2.75) is 24.9 Å². The first-order valence-corrected chi connectivity index (χ1v) is 8.67. The fourth-order valence-corrected chi connectivity index (χ4v) is 4.22. The number of benzene rings is 1. The lowest BCUT2D eigenvalue weighted by atomic mass is 9.98. The molecule has 1 aliphatic rings. The number of aliphatic carboxylic acids is 1. The maximum atomic E-state index is 11.6. The third-order valence-electron chi connectivity index (χ3n) is 3.97. The Morgan fingerprint density at radius 2 is 2.19 bits per heavy atom. The van der Waals surface area contributed by atoms with E-state index < -0.39 is 12.0 Å². The Morgan fingerprint density at radius 1 is 1.38 bits per heavy atom. The van der Waals surface area contributed by atoms with E-state index in [1.807, 2.05) is 23.6 Å². The van der Waals surface area contributed by atoms with Gasteiger partial charge in [0.2, 0.25) is 0 Å². The van der Waals surface area contributed by atoms with Gasteiger partial charge in [0.05, 0.1) is 6.04 Å². The summed E-state index contributed by atoms with van der Waals surface area (Å²) in [5.74, 6) is -0.722. The molecule has 2 heterocycles. The molecule has 2 unspecified atom stereocenters. The first-order chi connectivity index (χ1) is 10.2. The standard InChI is InChI=1S/C16H16BrNO2S/c17-13-5-2-1-4-12(13)15(11-7-9-21-10-11)18-8-3-6-14(18)16(19)20/h1-2,4-5,7,9-10,14-15H,3,6,8H2,(H,19,20). The van der Waals surface area contributed by atoms with Crippen molar-refractivity contribution < 1.29 is 9.90 Å². The zero-order valence-electron chi connectivity index (χ0n) is 11.4. The molecule has 0 radical (unpaired) electrons. The number of hydrogen-bond acceptors (Lipinski definition) is 3. The molecular weight excluding hydrogens is 350 g/mol. The van der Waals surface area contributed by atoms with Crippen LogP contribution in [-0.2, 0) is 4.79 Å². The zero-order chi connectivity index (χ0) is 14.8. The molecule has 2 atom stereocenters. The lowest BCUT2D eigenvalue weighted by Gasteiger charge is -2.31. The minimum atomic E-state index is -0.722. The Morgan fingerprint density at radius 3 is 2.86 bits per heavy atom. The molecule has 3 rings (SSSR count). The number of nitrogens with zero attached hydrogens (tertiary/aromatic N) is 1. The van der Waals surface area contributed by atoms with Crippen molar-refractivity contribution in [3.8, 4) is 0 Å². The predicted octanol–water partition coefficient (Wildman–Crippen LogP) is 4.15. The smallest absolute Gasteiger partial charge is 0.320 e. The summed E-state index contributed by atoms with van der Waals surface area (Å²) in [6.07, 6.45) is 1.66. The monoisotopic (exact) mass is 365 g/mol. The number of carboxylic acids is 1. The molecule has 0 aliphatic carbocycles. The van der Waals surface area contributed by atoms with Crippen LogP contribution in [0.2, 0.25) is 0 Å². The molecule has 2 aromatic rings. The van der Waals surface area contributed by atoms with Crippen molar-refractivity contribution >= 4 is 33.2 Å². The second kappa shape index (κ2) is 6.30. The largest absolute Gasteiger partial charge is 0.480 e. The van der Waals surface area contributed by atoms with Crippen molar-refractivity contribution in [3.05, 3.63) is 56.7 Å². The topological polar surface area (TPSA) is 40.5 Å². The molecule has 5 heteroatoms. The maximum Gasteiger partial charge on any atom is 0.320 e. The van der Waals surface area contributed by atoms with E-state index in [0.717, 1.165) is 29.4 Å². The highest BCUT2D eigenvalue weighted by molar-refractivity contribution is 9.10. The van der Waals surface area contributed by atoms with Gasteiger partial charge in [0.15, 0.2) is 0 Å². The Kier molecular flexibility index (Phi) is 4.42. The van der Waals surface area contributed by atoms with Crippen molar-refractivity contribution in [2.75, 3.05) is 6.54 Å². The van der Waals surface area contributed by atoms with E-state index in [1.54, 1.807) is 11.3 Å². The van der Waals surface area contributed by atoms with Crippen LogP contribution >= 0.6 is 27.3 Å². The summed E-state index contributed by atoms with van der Waals surface area (Å²) in [4.78, 5) is 13.7. The summed E-state index contributed by atoms with van der Waals surface area (Å²) in [6.45, 7) is 0.818. The summed E-state index contributed by atoms with van der Waals surface area (Å²) in [7, 11) is 0. The number of rotatable bonds is 4. The summed E-state index contributed by atoms with van der Waals surface area (Å²) < 4.78 is 1.03. The normalized spacial score (nSPS) is 20.5. The number of likely N-dealkylation sites (tertiary alicyclic amines) is 1. The van der Waals surface area contributed by atoms with Crippen molar-refractivity contribution in [3.63, 3.8) is 0 Å². The van der Waals surface area contributed by atoms with Gasteiger partial charge in [-0.15, -0.1) is 0 Å². The number of carboxylic acid groups (broad SMARTS) is 1. The molecule has 0 saturated carbocycles. The van der Waals surface area contributed by atoms with Gasteiger partial charge in [-0.1, -0.05) is 34.1 Å². The van der Waals surface area contributed by atoms with Gasteiger partial charge in [0.25, 0.3) is 0 Å². The Labute approximate surface area is 136 Å². The molecule has 0 amide bonds. The van der Waals surface area contributed by atoms with Gasteiger partial charge in [0.1, 0.15) is 6.04 Å². The van der Waals surface area contributed by atoms with Crippen molar-refractivity contribution in [2.24, 2.45) is 0 Å². The summed E-state index contributed by atoms with van der Waals surface area (Å²) >= 11 is 5.26. The minimum Gasteiger partial charge on any atom is -0.480 e. The molecule has 0 spiro atoms.